The van der Waals surface area contributed by atoms with E-state index in [-0.39, 0.29) is 35.5 Å². The van der Waals surface area contributed by atoms with Crippen LogP contribution in [0.2, 0.25) is 0 Å². The zero-order chi connectivity index (χ0) is 23.0. The molecule has 0 aromatic carbocycles. The monoisotopic (exact) mass is 439 g/mol. The van der Waals surface area contributed by atoms with Gasteiger partial charge in [-0.2, -0.15) is 0 Å². The van der Waals surface area contributed by atoms with Gasteiger partial charge in [-0.3, -0.25) is 28.0 Å². The van der Waals surface area contributed by atoms with Gasteiger partial charge in [-0.15, -0.1) is 10.2 Å². The summed E-state index contributed by atoms with van der Waals surface area (Å²) in [6.07, 6.45) is 3.64. The quantitative estimate of drug-likeness (QED) is 0.566. The Morgan fingerprint density at radius 1 is 1.19 bits per heavy atom. The maximum Gasteiger partial charge on any atom is 0.332 e. The average Bonchev–Trinajstić information content (AvgIpc) is 3.20. The number of piperidine rings is 1. The molecule has 4 heterocycles. The number of carbonyl (C=O) groups is 1. The first kappa shape index (κ1) is 21.9. The van der Waals surface area contributed by atoms with Crippen molar-refractivity contribution in [2.75, 3.05) is 25.4 Å². The van der Waals surface area contributed by atoms with E-state index >= 15 is 0 Å². The summed E-state index contributed by atoms with van der Waals surface area (Å²) >= 11 is 0. The van der Waals surface area contributed by atoms with E-state index in [9.17, 15) is 14.4 Å². The van der Waals surface area contributed by atoms with Gasteiger partial charge in [-0.05, 0) is 44.0 Å². The van der Waals surface area contributed by atoms with Gasteiger partial charge < -0.3 is 5.73 Å². The third-order valence-electron chi connectivity index (χ3n) is 6.07. The fourth-order valence-corrected chi connectivity index (χ4v) is 4.36. The SMILES string of the molecule is CC(C)Cn1c(N)c(C(=O)CN2CCC(c3nnc4ccccn34)CC2)c(=O)n(C)c1=O. The van der Waals surface area contributed by atoms with E-state index in [0.717, 1.165) is 28.9 Å². The highest BCUT2D eigenvalue weighted by atomic mass is 16.2. The molecule has 3 aromatic rings. The highest BCUT2D eigenvalue weighted by Crippen LogP contribution is 2.27. The summed E-state index contributed by atoms with van der Waals surface area (Å²) in [6.45, 7) is 5.72. The van der Waals surface area contributed by atoms with E-state index < -0.39 is 11.2 Å². The molecule has 2 N–H and O–H groups in total. The summed E-state index contributed by atoms with van der Waals surface area (Å²) in [4.78, 5) is 40.2. The van der Waals surface area contributed by atoms with Crippen LogP contribution in [-0.2, 0) is 13.6 Å². The summed E-state index contributed by atoms with van der Waals surface area (Å²) in [7, 11) is 1.38. The molecule has 3 aromatic heterocycles. The van der Waals surface area contributed by atoms with E-state index in [4.69, 9.17) is 5.73 Å². The van der Waals surface area contributed by atoms with E-state index in [1.165, 1.54) is 11.6 Å². The van der Waals surface area contributed by atoms with Crippen LogP contribution in [-0.4, -0.2) is 54.0 Å². The van der Waals surface area contributed by atoms with Gasteiger partial charge >= 0.3 is 5.69 Å². The minimum absolute atomic E-state index is 0.0402. The smallest absolute Gasteiger partial charge is 0.332 e. The lowest BCUT2D eigenvalue weighted by Crippen LogP contribution is -2.45. The second-order valence-electron chi connectivity index (χ2n) is 8.87. The van der Waals surface area contributed by atoms with E-state index in [2.05, 4.69) is 10.2 Å². The molecule has 170 valence electrons. The fourth-order valence-electron chi connectivity index (χ4n) is 4.36. The second kappa shape index (κ2) is 8.70. The number of nitrogens with two attached hydrogens (primary N) is 1. The zero-order valence-corrected chi connectivity index (χ0v) is 18.7. The van der Waals surface area contributed by atoms with Crippen molar-refractivity contribution in [3.63, 3.8) is 0 Å². The first-order valence-corrected chi connectivity index (χ1v) is 10.9. The van der Waals surface area contributed by atoms with Crippen LogP contribution in [0.5, 0.6) is 0 Å². The Morgan fingerprint density at radius 3 is 2.59 bits per heavy atom. The summed E-state index contributed by atoms with van der Waals surface area (Å²) in [5, 5.41) is 8.59. The molecule has 10 nitrogen and oxygen atoms in total. The molecule has 0 unspecified atom stereocenters. The maximum absolute atomic E-state index is 13.1. The van der Waals surface area contributed by atoms with Crippen molar-refractivity contribution in [3.8, 4) is 0 Å². The van der Waals surface area contributed by atoms with Crippen LogP contribution in [0, 0.1) is 5.92 Å². The Labute approximate surface area is 185 Å². The predicted octanol–water partition coefficient (Wildman–Crippen LogP) is 0.890. The molecule has 10 heteroatoms. The fraction of sp³-hybridized carbons (Fsp3) is 0.500. The number of likely N-dealkylation sites (tertiary alicyclic amines) is 1. The summed E-state index contributed by atoms with van der Waals surface area (Å²) in [6, 6.07) is 5.81. The van der Waals surface area contributed by atoms with Gasteiger partial charge in [-0.1, -0.05) is 19.9 Å². The van der Waals surface area contributed by atoms with E-state index in [0.29, 0.717) is 19.6 Å². The molecule has 0 radical (unpaired) electrons. The second-order valence-corrected chi connectivity index (χ2v) is 8.87. The molecule has 0 amide bonds. The minimum atomic E-state index is -0.637. The molecular weight excluding hydrogens is 410 g/mol. The van der Waals surface area contributed by atoms with Crippen LogP contribution >= 0.6 is 0 Å². The summed E-state index contributed by atoms with van der Waals surface area (Å²) in [5.74, 6) is 0.936. The lowest BCUT2D eigenvalue weighted by atomic mass is 9.95. The number of hydrogen-bond donors (Lipinski definition) is 1. The molecule has 0 saturated carbocycles. The third kappa shape index (κ3) is 3.97. The average molecular weight is 440 g/mol. The molecule has 0 bridgehead atoms. The van der Waals surface area contributed by atoms with Crippen molar-refractivity contribution >= 4 is 17.2 Å². The number of aromatic nitrogens is 5. The number of fused-ring (bicyclic) bond motifs is 1. The largest absolute Gasteiger partial charge is 0.384 e. The normalized spacial score (nSPS) is 15.6. The van der Waals surface area contributed by atoms with Crippen LogP contribution in [0.1, 0.15) is 48.8 Å². The number of carbonyl (C=O) groups excluding carboxylic acids is 1. The van der Waals surface area contributed by atoms with E-state index in [1.807, 2.05) is 47.5 Å². The van der Waals surface area contributed by atoms with Gasteiger partial charge in [0.15, 0.2) is 11.4 Å². The number of nitrogens with zero attached hydrogens (tertiary/aromatic N) is 6. The van der Waals surface area contributed by atoms with Crippen LogP contribution < -0.4 is 17.0 Å². The Hall–Kier alpha value is -3.27. The van der Waals surface area contributed by atoms with Gasteiger partial charge in [0.1, 0.15) is 17.2 Å². The van der Waals surface area contributed by atoms with Crippen molar-refractivity contribution in [3.05, 3.63) is 56.6 Å². The van der Waals surface area contributed by atoms with Crippen LogP contribution in [0.15, 0.2) is 34.0 Å². The highest BCUT2D eigenvalue weighted by molar-refractivity contribution is 6.01. The number of rotatable bonds is 6. The first-order chi connectivity index (χ1) is 15.3. The molecule has 1 aliphatic heterocycles. The molecule has 0 atom stereocenters. The van der Waals surface area contributed by atoms with Gasteiger partial charge in [0, 0.05) is 25.7 Å². The van der Waals surface area contributed by atoms with Gasteiger partial charge in [0.2, 0.25) is 0 Å². The van der Waals surface area contributed by atoms with Crippen LogP contribution in [0.25, 0.3) is 5.65 Å². The molecular formula is C22H29N7O3. The van der Waals surface area contributed by atoms with Crippen molar-refractivity contribution in [1.29, 1.82) is 0 Å². The maximum atomic E-state index is 13.1. The van der Waals surface area contributed by atoms with Crippen molar-refractivity contribution in [2.45, 2.75) is 39.2 Å². The van der Waals surface area contributed by atoms with Gasteiger partial charge in [0.25, 0.3) is 5.56 Å². The van der Waals surface area contributed by atoms with Crippen LogP contribution in [0.3, 0.4) is 0 Å². The molecule has 1 saturated heterocycles. The number of pyridine rings is 1. The molecule has 1 fully saturated rings. The summed E-state index contributed by atoms with van der Waals surface area (Å²) in [5.41, 5.74) is 5.73. The summed E-state index contributed by atoms with van der Waals surface area (Å²) < 4.78 is 4.30. The molecule has 0 aliphatic carbocycles. The van der Waals surface area contributed by atoms with Crippen molar-refractivity contribution in [1.82, 2.24) is 28.6 Å². The van der Waals surface area contributed by atoms with Crippen LogP contribution in [0.4, 0.5) is 5.82 Å². The lowest BCUT2D eigenvalue weighted by Gasteiger charge is -2.30. The Morgan fingerprint density at radius 2 is 1.91 bits per heavy atom. The molecule has 32 heavy (non-hydrogen) atoms. The number of Topliss-reactive ketones (excluding diaryl/α,β-unsaturated/α-hetero) is 1. The number of ketones is 1. The Balaban J connectivity index is 1.49. The number of anilines is 1. The Kier molecular flexibility index (Phi) is 5.96. The minimum Gasteiger partial charge on any atom is -0.384 e. The first-order valence-electron chi connectivity index (χ1n) is 10.9. The highest BCUT2D eigenvalue weighted by Gasteiger charge is 2.28. The predicted molar refractivity (Wildman–Crippen MR) is 121 cm³/mol. The van der Waals surface area contributed by atoms with Crippen molar-refractivity contribution < 1.29 is 4.79 Å². The Bertz CT molecular complexity index is 1260. The standard InChI is InChI=1S/C22H29N7O3/c1-14(2)12-29-19(23)18(21(31)26(3)22(29)32)16(30)13-27-10-7-15(8-11-27)20-25-24-17-6-4-5-9-28(17)20/h4-6,9,14-15H,7-8,10-13,23H2,1-3H3. The zero-order valence-electron chi connectivity index (χ0n) is 18.7. The number of nitrogen functional groups attached to an aromatic ring is 1. The van der Waals surface area contributed by atoms with Gasteiger partial charge in [-0.25, -0.2) is 4.79 Å². The third-order valence-corrected chi connectivity index (χ3v) is 6.07. The lowest BCUT2D eigenvalue weighted by molar-refractivity contribution is 0.0906. The van der Waals surface area contributed by atoms with E-state index in [1.54, 1.807) is 0 Å². The molecule has 0 spiro atoms. The van der Waals surface area contributed by atoms with Gasteiger partial charge in [0.05, 0.1) is 6.54 Å². The topological polar surface area (TPSA) is 121 Å². The number of hydrogen-bond acceptors (Lipinski definition) is 7. The molecule has 1 aliphatic rings. The molecule has 4 rings (SSSR count). The van der Waals surface area contributed by atoms with Crippen molar-refractivity contribution in [2.24, 2.45) is 13.0 Å².